The minimum Gasteiger partial charge on any atom is -0.229 e. The lowest BCUT2D eigenvalue weighted by atomic mass is 9.89. The number of benzene rings is 1. The summed E-state index contributed by atoms with van der Waals surface area (Å²) in [5.41, 5.74) is 2.58. The van der Waals surface area contributed by atoms with Gasteiger partial charge in [0.1, 0.15) is 22.0 Å². The molecular formula is C18H17FN2S2. The molecule has 0 spiro atoms. The molecular weight excluding hydrogens is 327 g/mol. The van der Waals surface area contributed by atoms with E-state index in [1.807, 2.05) is 23.5 Å². The normalized spacial score (nSPS) is 17.4. The van der Waals surface area contributed by atoms with Gasteiger partial charge in [-0.05, 0) is 48.4 Å². The maximum absolute atomic E-state index is 13.0. The third-order valence-electron chi connectivity index (χ3n) is 4.35. The Hall–Kier alpha value is -1.46. The Kier molecular flexibility index (Phi) is 4.07. The Morgan fingerprint density at radius 2 is 2.09 bits per heavy atom. The highest BCUT2D eigenvalue weighted by Crippen LogP contribution is 2.40. The van der Waals surface area contributed by atoms with Crippen molar-refractivity contribution in [1.82, 2.24) is 9.97 Å². The van der Waals surface area contributed by atoms with E-state index in [9.17, 15) is 4.39 Å². The number of thioether (sulfide) groups is 1. The zero-order valence-corrected chi connectivity index (χ0v) is 14.5. The summed E-state index contributed by atoms with van der Waals surface area (Å²) in [5.74, 6) is 1.37. The van der Waals surface area contributed by atoms with Gasteiger partial charge >= 0.3 is 0 Å². The molecule has 3 aromatic rings. The summed E-state index contributed by atoms with van der Waals surface area (Å²) in [4.78, 5) is 11.6. The maximum Gasteiger partial charge on any atom is 0.128 e. The number of nitrogens with zero attached hydrogens (tertiary/aromatic N) is 2. The molecule has 118 valence electrons. The van der Waals surface area contributed by atoms with Crippen LogP contribution in [0.1, 0.15) is 29.3 Å². The third-order valence-corrected chi connectivity index (χ3v) is 6.57. The topological polar surface area (TPSA) is 25.8 Å². The summed E-state index contributed by atoms with van der Waals surface area (Å²) in [6, 6.07) is 6.70. The van der Waals surface area contributed by atoms with E-state index in [4.69, 9.17) is 0 Å². The Balaban J connectivity index is 1.66. The highest BCUT2D eigenvalue weighted by molar-refractivity contribution is 7.98. The second kappa shape index (κ2) is 6.21. The highest BCUT2D eigenvalue weighted by Gasteiger charge is 2.23. The van der Waals surface area contributed by atoms with Crippen molar-refractivity contribution in [2.45, 2.75) is 37.0 Å². The predicted octanol–water partition coefficient (Wildman–Crippen LogP) is 5.25. The minimum atomic E-state index is -0.191. The van der Waals surface area contributed by atoms with Gasteiger partial charge in [0.05, 0.1) is 0 Å². The van der Waals surface area contributed by atoms with Crippen LogP contribution < -0.4 is 0 Å². The Morgan fingerprint density at radius 3 is 2.91 bits per heavy atom. The van der Waals surface area contributed by atoms with E-state index in [-0.39, 0.29) is 5.82 Å². The van der Waals surface area contributed by atoms with Crippen molar-refractivity contribution in [2.75, 3.05) is 0 Å². The van der Waals surface area contributed by atoms with E-state index in [1.165, 1.54) is 40.8 Å². The largest absolute Gasteiger partial charge is 0.229 e. The van der Waals surface area contributed by atoms with Gasteiger partial charge in [0.2, 0.25) is 0 Å². The van der Waals surface area contributed by atoms with Crippen LogP contribution in [0.5, 0.6) is 0 Å². The number of hydrogen-bond donors (Lipinski definition) is 0. The van der Waals surface area contributed by atoms with E-state index in [0.717, 1.165) is 33.5 Å². The fourth-order valence-electron chi connectivity index (χ4n) is 3.09. The van der Waals surface area contributed by atoms with Crippen LogP contribution in [-0.2, 0) is 18.6 Å². The van der Waals surface area contributed by atoms with E-state index in [1.54, 1.807) is 18.1 Å². The molecule has 4 rings (SSSR count). The average Bonchev–Trinajstić information content (AvgIpc) is 2.92. The predicted molar refractivity (Wildman–Crippen MR) is 94.6 cm³/mol. The standard InChI is InChI=1S/C18H17FN2S2/c1-11-2-7-14-15(8-11)23-18-16(14)17(20-10-21-18)22-9-12-3-5-13(19)6-4-12/h3-6,10-11H,2,7-9H2,1H3/t11-/m1/s1. The van der Waals surface area contributed by atoms with Crippen molar-refractivity contribution in [3.8, 4) is 0 Å². The van der Waals surface area contributed by atoms with Crippen molar-refractivity contribution in [1.29, 1.82) is 0 Å². The van der Waals surface area contributed by atoms with Crippen molar-refractivity contribution in [3.63, 3.8) is 0 Å². The molecule has 1 aromatic carbocycles. The first-order valence-corrected chi connectivity index (χ1v) is 9.63. The number of fused-ring (bicyclic) bond motifs is 3. The molecule has 0 bridgehead atoms. The fourth-order valence-corrected chi connectivity index (χ4v) is 5.48. The molecule has 23 heavy (non-hydrogen) atoms. The molecule has 1 atom stereocenters. The molecule has 0 fully saturated rings. The summed E-state index contributed by atoms with van der Waals surface area (Å²) >= 11 is 3.55. The van der Waals surface area contributed by atoms with Crippen LogP contribution in [0.3, 0.4) is 0 Å². The van der Waals surface area contributed by atoms with Crippen molar-refractivity contribution in [2.24, 2.45) is 5.92 Å². The summed E-state index contributed by atoms with van der Waals surface area (Å²) in [7, 11) is 0. The van der Waals surface area contributed by atoms with Gasteiger partial charge in [0, 0.05) is 16.0 Å². The summed E-state index contributed by atoms with van der Waals surface area (Å²) in [5, 5.41) is 2.32. The van der Waals surface area contributed by atoms with Gasteiger partial charge in [-0.3, -0.25) is 0 Å². The molecule has 0 N–H and O–H groups in total. The van der Waals surface area contributed by atoms with E-state index in [2.05, 4.69) is 16.9 Å². The van der Waals surface area contributed by atoms with E-state index in [0.29, 0.717) is 0 Å². The van der Waals surface area contributed by atoms with Crippen LogP contribution >= 0.6 is 23.1 Å². The number of hydrogen-bond acceptors (Lipinski definition) is 4. The molecule has 1 aliphatic rings. The summed E-state index contributed by atoms with van der Waals surface area (Å²) in [6.45, 7) is 2.32. The van der Waals surface area contributed by atoms with E-state index < -0.39 is 0 Å². The first-order valence-electron chi connectivity index (χ1n) is 7.83. The van der Waals surface area contributed by atoms with Gasteiger partial charge in [-0.2, -0.15) is 0 Å². The fraction of sp³-hybridized carbons (Fsp3) is 0.333. The number of aromatic nitrogens is 2. The summed E-state index contributed by atoms with van der Waals surface area (Å²) in [6.07, 6.45) is 5.21. The van der Waals surface area contributed by atoms with E-state index >= 15 is 0 Å². The monoisotopic (exact) mass is 344 g/mol. The van der Waals surface area contributed by atoms with Crippen molar-refractivity contribution < 1.29 is 4.39 Å². The average molecular weight is 344 g/mol. The van der Waals surface area contributed by atoms with Gasteiger partial charge in [-0.25, -0.2) is 14.4 Å². The third kappa shape index (κ3) is 3.00. The molecule has 0 saturated heterocycles. The maximum atomic E-state index is 13.0. The zero-order chi connectivity index (χ0) is 15.8. The minimum absolute atomic E-state index is 0.191. The lowest BCUT2D eigenvalue weighted by molar-refractivity contribution is 0.509. The molecule has 2 nitrogen and oxygen atoms in total. The quantitative estimate of drug-likeness (QED) is 0.479. The van der Waals surface area contributed by atoms with Crippen LogP contribution in [-0.4, -0.2) is 9.97 Å². The zero-order valence-electron chi connectivity index (χ0n) is 12.9. The van der Waals surface area contributed by atoms with Crippen LogP contribution in [0.25, 0.3) is 10.2 Å². The Morgan fingerprint density at radius 1 is 1.26 bits per heavy atom. The molecule has 5 heteroatoms. The molecule has 2 aromatic heterocycles. The SMILES string of the molecule is C[C@@H]1CCc2c(sc3ncnc(SCc4ccc(F)cc4)c23)C1. The van der Waals surface area contributed by atoms with Gasteiger partial charge < -0.3 is 0 Å². The van der Waals surface area contributed by atoms with Gasteiger partial charge in [0.25, 0.3) is 0 Å². The van der Waals surface area contributed by atoms with Crippen LogP contribution in [0.15, 0.2) is 35.6 Å². The summed E-state index contributed by atoms with van der Waals surface area (Å²) < 4.78 is 13.0. The Labute approximate surface area is 143 Å². The smallest absolute Gasteiger partial charge is 0.128 e. The lowest BCUT2D eigenvalue weighted by Crippen LogP contribution is -2.08. The molecule has 0 unspecified atom stereocenters. The number of aryl methyl sites for hydroxylation is 1. The van der Waals surface area contributed by atoms with Crippen molar-refractivity contribution >= 4 is 33.3 Å². The first-order chi connectivity index (χ1) is 11.2. The number of halogens is 1. The molecule has 1 aliphatic carbocycles. The number of thiophene rings is 1. The first kappa shape index (κ1) is 15.1. The second-order valence-corrected chi connectivity index (χ2v) is 8.17. The highest BCUT2D eigenvalue weighted by atomic mass is 32.2. The van der Waals surface area contributed by atoms with Crippen LogP contribution in [0.2, 0.25) is 0 Å². The molecule has 0 saturated carbocycles. The lowest BCUT2D eigenvalue weighted by Gasteiger charge is -2.18. The molecule has 2 heterocycles. The van der Waals surface area contributed by atoms with Gasteiger partial charge in [0.15, 0.2) is 0 Å². The Bertz CT molecular complexity index is 842. The molecule has 0 radical (unpaired) electrons. The van der Waals surface area contributed by atoms with Crippen LogP contribution in [0.4, 0.5) is 4.39 Å². The van der Waals surface area contributed by atoms with Gasteiger partial charge in [-0.15, -0.1) is 23.1 Å². The molecule has 0 aliphatic heterocycles. The van der Waals surface area contributed by atoms with Gasteiger partial charge in [-0.1, -0.05) is 19.1 Å². The number of rotatable bonds is 3. The second-order valence-electron chi connectivity index (χ2n) is 6.13. The molecule has 0 amide bonds. The van der Waals surface area contributed by atoms with Crippen LogP contribution in [0, 0.1) is 11.7 Å². The van der Waals surface area contributed by atoms with Crippen molar-refractivity contribution in [3.05, 3.63) is 52.4 Å².